The van der Waals surface area contributed by atoms with E-state index in [1.165, 1.54) is 25.8 Å². The molecule has 2 saturated heterocycles. The third kappa shape index (κ3) is 2.10. The minimum Gasteiger partial charge on any atom is -0.381 e. The zero-order valence-corrected chi connectivity index (χ0v) is 9.11. The average molecular weight is 198 g/mol. The van der Waals surface area contributed by atoms with Crippen molar-refractivity contribution >= 4 is 0 Å². The van der Waals surface area contributed by atoms with Crippen molar-refractivity contribution in [1.29, 1.82) is 0 Å². The molecule has 2 atom stereocenters. The van der Waals surface area contributed by atoms with Crippen LogP contribution in [0, 0.1) is 5.92 Å². The predicted octanol–water partition coefficient (Wildman–Crippen LogP) is 0.834. The van der Waals surface area contributed by atoms with Gasteiger partial charge in [-0.25, -0.2) is 0 Å². The molecule has 3 nitrogen and oxygen atoms in total. The monoisotopic (exact) mass is 198 g/mol. The van der Waals surface area contributed by atoms with E-state index in [2.05, 4.69) is 11.8 Å². The predicted molar refractivity (Wildman–Crippen MR) is 57.2 cm³/mol. The second-order valence-electron chi connectivity index (χ2n) is 4.73. The van der Waals surface area contributed by atoms with Gasteiger partial charge in [0, 0.05) is 31.8 Å². The molecule has 82 valence electrons. The van der Waals surface area contributed by atoms with Crippen LogP contribution in [0.2, 0.25) is 0 Å². The lowest BCUT2D eigenvalue weighted by Crippen LogP contribution is -2.41. The summed E-state index contributed by atoms with van der Waals surface area (Å²) in [4.78, 5) is 2.65. The SMILES string of the molecule is CC1CC(CN)CN1C1CCOCC1. The Hall–Kier alpha value is -0.120. The Labute approximate surface area is 86.6 Å². The fourth-order valence-electron chi connectivity index (χ4n) is 2.87. The van der Waals surface area contributed by atoms with Gasteiger partial charge in [-0.05, 0) is 38.6 Å². The summed E-state index contributed by atoms with van der Waals surface area (Å²) in [6.45, 7) is 6.29. The normalized spacial score (nSPS) is 36.4. The highest BCUT2D eigenvalue weighted by Gasteiger charge is 2.33. The van der Waals surface area contributed by atoms with E-state index in [4.69, 9.17) is 10.5 Å². The van der Waals surface area contributed by atoms with Gasteiger partial charge in [-0.1, -0.05) is 0 Å². The molecule has 2 aliphatic heterocycles. The maximum Gasteiger partial charge on any atom is 0.0480 e. The van der Waals surface area contributed by atoms with Crippen LogP contribution in [0.3, 0.4) is 0 Å². The van der Waals surface area contributed by atoms with Crippen molar-refractivity contribution in [3.8, 4) is 0 Å². The summed E-state index contributed by atoms with van der Waals surface area (Å²) >= 11 is 0. The topological polar surface area (TPSA) is 38.5 Å². The Morgan fingerprint density at radius 1 is 1.36 bits per heavy atom. The van der Waals surface area contributed by atoms with Gasteiger partial charge in [0.15, 0.2) is 0 Å². The van der Waals surface area contributed by atoms with Gasteiger partial charge >= 0.3 is 0 Å². The third-order valence-electron chi connectivity index (χ3n) is 3.70. The van der Waals surface area contributed by atoms with Crippen molar-refractivity contribution in [3.05, 3.63) is 0 Å². The lowest BCUT2D eigenvalue weighted by molar-refractivity contribution is 0.0309. The average Bonchev–Trinajstić information content (AvgIpc) is 2.61. The van der Waals surface area contributed by atoms with Crippen molar-refractivity contribution in [2.45, 2.75) is 38.3 Å². The maximum absolute atomic E-state index is 5.74. The summed E-state index contributed by atoms with van der Waals surface area (Å²) in [6, 6.07) is 1.49. The Morgan fingerprint density at radius 3 is 2.64 bits per heavy atom. The standard InChI is InChI=1S/C11H22N2O/c1-9-6-10(7-12)8-13(9)11-2-4-14-5-3-11/h9-11H,2-8,12H2,1H3. The summed E-state index contributed by atoms with van der Waals surface area (Å²) < 4.78 is 5.40. The number of nitrogens with zero attached hydrogens (tertiary/aromatic N) is 1. The molecule has 0 aliphatic carbocycles. The second-order valence-corrected chi connectivity index (χ2v) is 4.73. The molecule has 2 fully saturated rings. The van der Waals surface area contributed by atoms with Gasteiger partial charge in [-0.3, -0.25) is 4.90 Å². The molecule has 0 aromatic heterocycles. The van der Waals surface area contributed by atoms with E-state index < -0.39 is 0 Å². The van der Waals surface area contributed by atoms with Crippen LogP contribution in [0.15, 0.2) is 0 Å². The molecule has 2 unspecified atom stereocenters. The first-order chi connectivity index (χ1) is 6.81. The van der Waals surface area contributed by atoms with E-state index in [1.54, 1.807) is 0 Å². The molecule has 0 bridgehead atoms. The fourth-order valence-corrected chi connectivity index (χ4v) is 2.87. The van der Waals surface area contributed by atoms with E-state index in [1.807, 2.05) is 0 Å². The van der Waals surface area contributed by atoms with Crippen LogP contribution in [0.25, 0.3) is 0 Å². The minimum atomic E-state index is 0.728. The molecule has 0 aromatic rings. The Balaban J connectivity index is 1.90. The summed E-state index contributed by atoms with van der Waals surface area (Å²) in [5.41, 5.74) is 5.74. The van der Waals surface area contributed by atoms with Crippen LogP contribution in [0.1, 0.15) is 26.2 Å². The number of likely N-dealkylation sites (tertiary alicyclic amines) is 1. The third-order valence-corrected chi connectivity index (χ3v) is 3.70. The van der Waals surface area contributed by atoms with Crippen molar-refractivity contribution in [1.82, 2.24) is 4.90 Å². The maximum atomic E-state index is 5.74. The number of ether oxygens (including phenoxy) is 1. The first-order valence-electron chi connectivity index (χ1n) is 5.85. The molecular weight excluding hydrogens is 176 g/mol. The Kier molecular flexibility index (Phi) is 3.42. The van der Waals surface area contributed by atoms with Crippen molar-refractivity contribution < 1.29 is 4.74 Å². The van der Waals surface area contributed by atoms with Crippen LogP contribution < -0.4 is 5.73 Å². The zero-order valence-electron chi connectivity index (χ0n) is 9.11. The molecule has 0 aromatic carbocycles. The zero-order chi connectivity index (χ0) is 9.97. The molecule has 0 amide bonds. The largest absolute Gasteiger partial charge is 0.381 e. The van der Waals surface area contributed by atoms with Crippen molar-refractivity contribution in [2.75, 3.05) is 26.3 Å². The molecule has 2 rings (SSSR count). The van der Waals surface area contributed by atoms with Gasteiger partial charge in [0.05, 0.1) is 0 Å². The minimum absolute atomic E-state index is 0.728. The fraction of sp³-hybridized carbons (Fsp3) is 1.00. The van der Waals surface area contributed by atoms with Gasteiger partial charge in [-0.2, -0.15) is 0 Å². The molecule has 0 spiro atoms. The van der Waals surface area contributed by atoms with Crippen LogP contribution in [-0.2, 0) is 4.74 Å². The summed E-state index contributed by atoms with van der Waals surface area (Å²) in [5.74, 6) is 0.729. The summed E-state index contributed by atoms with van der Waals surface area (Å²) in [6.07, 6.45) is 3.71. The van der Waals surface area contributed by atoms with Crippen molar-refractivity contribution in [3.63, 3.8) is 0 Å². The van der Waals surface area contributed by atoms with E-state index in [9.17, 15) is 0 Å². The molecule has 0 radical (unpaired) electrons. The number of nitrogens with two attached hydrogens (primary N) is 1. The van der Waals surface area contributed by atoms with E-state index in [0.29, 0.717) is 0 Å². The Morgan fingerprint density at radius 2 is 2.07 bits per heavy atom. The first-order valence-corrected chi connectivity index (χ1v) is 5.85. The van der Waals surface area contributed by atoms with Crippen LogP contribution in [-0.4, -0.2) is 43.3 Å². The lowest BCUT2D eigenvalue weighted by Gasteiger charge is -2.34. The highest BCUT2D eigenvalue weighted by Crippen LogP contribution is 2.27. The first kappa shape index (κ1) is 10.4. The van der Waals surface area contributed by atoms with Crippen LogP contribution in [0.4, 0.5) is 0 Å². The highest BCUT2D eigenvalue weighted by molar-refractivity contribution is 4.88. The van der Waals surface area contributed by atoms with Gasteiger partial charge in [-0.15, -0.1) is 0 Å². The highest BCUT2D eigenvalue weighted by atomic mass is 16.5. The van der Waals surface area contributed by atoms with Gasteiger partial charge in [0.1, 0.15) is 0 Å². The number of hydrogen-bond acceptors (Lipinski definition) is 3. The molecule has 2 N–H and O–H groups in total. The molecule has 2 heterocycles. The summed E-state index contributed by atoms with van der Waals surface area (Å²) in [5, 5.41) is 0. The molecule has 14 heavy (non-hydrogen) atoms. The van der Waals surface area contributed by atoms with E-state index in [-0.39, 0.29) is 0 Å². The van der Waals surface area contributed by atoms with Crippen LogP contribution >= 0.6 is 0 Å². The number of hydrogen-bond donors (Lipinski definition) is 1. The summed E-state index contributed by atoms with van der Waals surface area (Å²) in [7, 11) is 0. The van der Waals surface area contributed by atoms with E-state index >= 15 is 0 Å². The lowest BCUT2D eigenvalue weighted by atomic mass is 10.1. The van der Waals surface area contributed by atoms with Gasteiger partial charge in [0.25, 0.3) is 0 Å². The smallest absolute Gasteiger partial charge is 0.0480 e. The molecule has 0 saturated carbocycles. The van der Waals surface area contributed by atoms with Crippen LogP contribution in [0.5, 0.6) is 0 Å². The second kappa shape index (κ2) is 4.60. The number of rotatable bonds is 2. The molecule has 3 heteroatoms. The van der Waals surface area contributed by atoms with Gasteiger partial charge < -0.3 is 10.5 Å². The van der Waals surface area contributed by atoms with Crippen molar-refractivity contribution in [2.24, 2.45) is 11.7 Å². The van der Waals surface area contributed by atoms with E-state index in [0.717, 1.165) is 37.8 Å². The molecular formula is C11H22N2O. The molecule has 2 aliphatic rings. The Bertz CT molecular complexity index is 180. The quantitative estimate of drug-likeness (QED) is 0.714. The van der Waals surface area contributed by atoms with Gasteiger partial charge in [0.2, 0.25) is 0 Å².